The maximum absolute atomic E-state index is 12.5. The zero-order valence-electron chi connectivity index (χ0n) is 12.6. The van der Waals surface area contributed by atoms with Crippen LogP contribution in [0.2, 0.25) is 5.02 Å². The van der Waals surface area contributed by atoms with Gasteiger partial charge in [0.1, 0.15) is 4.90 Å². The molecular formula is C15H23ClN2O2S. The molecule has 1 aliphatic rings. The van der Waals surface area contributed by atoms with Crippen molar-refractivity contribution in [1.29, 1.82) is 0 Å². The Morgan fingerprint density at radius 3 is 2.62 bits per heavy atom. The van der Waals surface area contributed by atoms with Crippen molar-refractivity contribution < 1.29 is 8.42 Å². The number of benzene rings is 1. The van der Waals surface area contributed by atoms with E-state index < -0.39 is 10.0 Å². The molecule has 0 bridgehead atoms. The van der Waals surface area contributed by atoms with E-state index in [0.29, 0.717) is 6.54 Å². The topological polar surface area (TPSA) is 58.2 Å². The fourth-order valence-electron chi connectivity index (χ4n) is 2.46. The van der Waals surface area contributed by atoms with E-state index in [9.17, 15) is 8.42 Å². The minimum Gasteiger partial charge on any atom is -0.313 e. The average molecular weight is 331 g/mol. The molecule has 6 heteroatoms. The summed E-state index contributed by atoms with van der Waals surface area (Å²) in [5.74, 6) is 0. The van der Waals surface area contributed by atoms with Crippen molar-refractivity contribution in [2.75, 3.05) is 6.54 Å². The van der Waals surface area contributed by atoms with Crippen molar-refractivity contribution in [2.45, 2.75) is 56.5 Å². The predicted octanol–water partition coefficient (Wildman–Crippen LogP) is 3.06. The number of hydrogen-bond acceptors (Lipinski definition) is 3. The Morgan fingerprint density at radius 2 is 2.05 bits per heavy atom. The van der Waals surface area contributed by atoms with Gasteiger partial charge < -0.3 is 5.32 Å². The highest BCUT2D eigenvalue weighted by Crippen LogP contribution is 2.33. The Bertz CT molecular complexity index is 598. The fourth-order valence-corrected chi connectivity index (χ4v) is 4.48. The molecule has 4 nitrogen and oxygen atoms in total. The summed E-state index contributed by atoms with van der Waals surface area (Å²) in [5, 5.41) is 3.53. The highest BCUT2D eigenvalue weighted by atomic mass is 35.5. The summed E-state index contributed by atoms with van der Waals surface area (Å²) in [4.78, 5) is 0.174. The smallest absolute Gasteiger partial charge is 0.242 e. The monoisotopic (exact) mass is 330 g/mol. The zero-order valence-corrected chi connectivity index (χ0v) is 14.1. The van der Waals surface area contributed by atoms with Crippen LogP contribution in [0.4, 0.5) is 0 Å². The average Bonchev–Trinajstić information content (AvgIpc) is 2.38. The van der Waals surface area contributed by atoms with Crippen LogP contribution in [0.3, 0.4) is 0 Å². The summed E-state index contributed by atoms with van der Waals surface area (Å²) < 4.78 is 27.8. The Balaban J connectivity index is 2.18. The molecule has 0 radical (unpaired) electrons. The quantitative estimate of drug-likeness (QED) is 0.755. The van der Waals surface area contributed by atoms with Crippen LogP contribution in [0.5, 0.6) is 0 Å². The first-order valence-corrected chi connectivity index (χ1v) is 9.25. The lowest BCUT2D eigenvalue weighted by molar-refractivity contribution is 0.248. The van der Waals surface area contributed by atoms with E-state index in [1.165, 1.54) is 0 Å². The van der Waals surface area contributed by atoms with Crippen LogP contribution in [0.25, 0.3) is 0 Å². The van der Waals surface area contributed by atoms with Crippen LogP contribution in [0.15, 0.2) is 23.1 Å². The van der Waals surface area contributed by atoms with Gasteiger partial charge in [-0.3, -0.25) is 0 Å². The molecule has 0 saturated heterocycles. The molecule has 118 valence electrons. The molecule has 0 aliphatic heterocycles. The zero-order chi connectivity index (χ0) is 15.5. The molecule has 0 atom stereocenters. The van der Waals surface area contributed by atoms with Gasteiger partial charge in [0.2, 0.25) is 10.0 Å². The van der Waals surface area contributed by atoms with Crippen LogP contribution < -0.4 is 10.0 Å². The largest absolute Gasteiger partial charge is 0.313 e. The van der Waals surface area contributed by atoms with Crippen molar-refractivity contribution in [1.82, 2.24) is 10.0 Å². The molecule has 0 aromatic heterocycles. The summed E-state index contributed by atoms with van der Waals surface area (Å²) in [5.41, 5.74) is 0.602. The summed E-state index contributed by atoms with van der Waals surface area (Å²) >= 11 is 6.09. The van der Waals surface area contributed by atoms with Gasteiger partial charge in [-0.1, -0.05) is 24.6 Å². The summed E-state index contributed by atoms with van der Waals surface area (Å²) in [6, 6.07) is 5.17. The molecule has 21 heavy (non-hydrogen) atoms. The molecule has 0 amide bonds. The first-order valence-electron chi connectivity index (χ1n) is 7.39. The van der Waals surface area contributed by atoms with Crippen LogP contribution >= 0.6 is 11.6 Å². The number of halogens is 1. The maximum atomic E-state index is 12.5. The van der Waals surface area contributed by atoms with Gasteiger partial charge in [-0.25, -0.2) is 13.1 Å². The lowest BCUT2D eigenvalue weighted by Crippen LogP contribution is -2.50. The summed E-state index contributed by atoms with van der Waals surface area (Å²) in [7, 11) is -3.57. The van der Waals surface area contributed by atoms with E-state index in [2.05, 4.69) is 17.0 Å². The summed E-state index contributed by atoms with van der Waals surface area (Å²) in [6.45, 7) is 5.58. The Labute approximate surface area is 132 Å². The molecule has 1 saturated carbocycles. The predicted molar refractivity (Wildman–Crippen MR) is 86.0 cm³/mol. The molecule has 0 heterocycles. The van der Waals surface area contributed by atoms with Gasteiger partial charge in [0, 0.05) is 12.1 Å². The van der Waals surface area contributed by atoms with E-state index in [-0.39, 0.29) is 15.5 Å². The fraction of sp³-hybridized carbons (Fsp3) is 0.600. The molecule has 1 fully saturated rings. The molecular weight excluding hydrogens is 308 g/mol. The van der Waals surface area contributed by atoms with E-state index in [4.69, 9.17) is 11.6 Å². The van der Waals surface area contributed by atoms with Gasteiger partial charge in [-0.2, -0.15) is 0 Å². The number of nitrogens with one attached hydrogen (secondary N) is 2. The van der Waals surface area contributed by atoms with E-state index >= 15 is 0 Å². The van der Waals surface area contributed by atoms with Crippen molar-refractivity contribution in [2.24, 2.45) is 0 Å². The molecule has 0 spiro atoms. The van der Waals surface area contributed by atoms with Gasteiger partial charge in [-0.15, -0.1) is 0 Å². The first-order chi connectivity index (χ1) is 9.86. The molecule has 0 unspecified atom stereocenters. The molecule has 2 rings (SSSR count). The van der Waals surface area contributed by atoms with Crippen molar-refractivity contribution in [3.63, 3.8) is 0 Å². The van der Waals surface area contributed by atoms with Gasteiger partial charge in [0.15, 0.2) is 0 Å². The van der Waals surface area contributed by atoms with Crippen LogP contribution in [0, 0.1) is 0 Å². The third-order valence-corrected chi connectivity index (χ3v) is 6.00. The highest BCUT2D eigenvalue weighted by Gasteiger charge is 2.36. The standard InChI is InChI=1S/C15H23ClN2O2S/c1-3-9-17-11-12-5-6-13(16)14(10-12)21(19,20)18-15(2)7-4-8-15/h5-6,10,17-18H,3-4,7-9,11H2,1-2H3. The maximum Gasteiger partial charge on any atom is 0.242 e. The molecule has 1 aromatic rings. The second kappa shape index (κ2) is 6.65. The SMILES string of the molecule is CCCNCc1ccc(Cl)c(S(=O)(=O)NC2(C)CCC2)c1. The van der Waals surface area contributed by atoms with E-state index in [0.717, 1.165) is 37.8 Å². The Kier molecular flexibility index (Phi) is 5.30. The van der Waals surface area contributed by atoms with E-state index in [1.807, 2.05) is 13.0 Å². The van der Waals surface area contributed by atoms with Gasteiger partial charge in [0.05, 0.1) is 5.02 Å². The first kappa shape index (κ1) is 16.7. The highest BCUT2D eigenvalue weighted by molar-refractivity contribution is 7.89. The lowest BCUT2D eigenvalue weighted by atomic mass is 9.80. The van der Waals surface area contributed by atoms with Gasteiger partial charge >= 0.3 is 0 Å². The van der Waals surface area contributed by atoms with E-state index in [1.54, 1.807) is 12.1 Å². The summed E-state index contributed by atoms with van der Waals surface area (Å²) in [6.07, 6.45) is 3.86. The van der Waals surface area contributed by atoms with Gasteiger partial charge in [0.25, 0.3) is 0 Å². The Morgan fingerprint density at radius 1 is 1.33 bits per heavy atom. The minimum absolute atomic E-state index is 0.174. The van der Waals surface area contributed by atoms with Crippen molar-refractivity contribution >= 4 is 21.6 Å². The Hall–Kier alpha value is -0.620. The molecule has 1 aromatic carbocycles. The molecule has 2 N–H and O–H groups in total. The third kappa shape index (κ3) is 4.19. The van der Waals surface area contributed by atoms with Crippen LogP contribution in [-0.2, 0) is 16.6 Å². The third-order valence-electron chi connectivity index (χ3n) is 3.88. The second-order valence-corrected chi connectivity index (χ2v) is 8.02. The van der Waals surface area contributed by atoms with Crippen molar-refractivity contribution in [3.8, 4) is 0 Å². The van der Waals surface area contributed by atoms with Crippen molar-refractivity contribution in [3.05, 3.63) is 28.8 Å². The number of sulfonamides is 1. The van der Waals surface area contributed by atoms with Crippen LogP contribution in [0.1, 0.15) is 45.1 Å². The minimum atomic E-state index is -3.57. The number of rotatable bonds is 7. The normalized spacial score (nSPS) is 17.5. The second-order valence-electron chi connectivity index (χ2n) is 5.96. The van der Waals surface area contributed by atoms with Crippen LogP contribution in [-0.4, -0.2) is 20.5 Å². The lowest BCUT2D eigenvalue weighted by Gasteiger charge is -2.38. The number of hydrogen-bond donors (Lipinski definition) is 2. The van der Waals surface area contributed by atoms with Gasteiger partial charge in [-0.05, 0) is 56.8 Å². The molecule has 1 aliphatic carbocycles.